The summed E-state index contributed by atoms with van der Waals surface area (Å²) < 4.78 is 7.71. The maximum atomic E-state index is 12.4. The lowest BCUT2D eigenvalue weighted by Crippen LogP contribution is -2.40. The molecule has 6 nitrogen and oxygen atoms in total. The lowest BCUT2D eigenvalue weighted by atomic mass is 10.2. The molecule has 0 atom stereocenters. The number of nitrogens with zero attached hydrogens (tertiary/aromatic N) is 3. The van der Waals surface area contributed by atoms with Gasteiger partial charge in [-0.15, -0.1) is 0 Å². The fourth-order valence-electron chi connectivity index (χ4n) is 2.33. The first kappa shape index (κ1) is 16.0. The van der Waals surface area contributed by atoms with Gasteiger partial charge < -0.3 is 9.30 Å². The quantitative estimate of drug-likeness (QED) is 0.680. The van der Waals surface area contributed by atoms with Gasteiger partial charge in [-0.1, -0.05) is 11.6 Å². The Bertz CT molecular complexity index is 980. The molecular formula is C17H14ClN3O3. The van der Waals surface area contributed by atoms with Gasteiger partial charge >= 0.3 is 11.1 Å². The van der Waals surface area contributed by atoms with E-state index in [0.717, 1.165) is 5.56 Å². The highest BCUT2D eigenvalue weighted by atomic mass is 35.5. The second-order valence-corrected chi connectivity index (χ2v) is 5.49. The molecule has 0 aliphatic heterocycles. The van der Waals surface area contributed by atoms with Crippen LogP contribution in [-0.2, 0) is 6.54 Å². The number of rotatable bonds is 4. The van der Waals surface area contributed by atoms with Crippen molar-refractivity contribution < 1.29 is 4.74 Å². The van der Waals surface area contributed by atoms with Crippen molar-refractivity contribution in [3.05, 3.63) is 86.4 Å². The highest BCUT2D eigenvalue weighted by Crippen LogP contribution is 2.25. The van der Waals surface area contributed by atoms with Gasteiger partial charge in [-0.25, -0.2) is 0 Å². The maximum absolute atomic E-state index is 12.4. The summed E-state index contributed by atoms with van der Waals surface area (Å²) in [5.74, 6) is 0.500. The van der Waals surface area contributed by atoms with E-state index in [4.69, 9.17) is 16.3 Å². The third kappa shape index (κ3) is 3.09. The molecular weight excluding hydrogens is 330 g/mol. The van der Waals surface area contributed by atoms with Crippen molar-refractivity contribution in [1.29, 1.82) is 0 Å². The van der Waals surface area contributed by atoms with Crippen molar-refractivity contribution >= 4 is 11.6 Å². The van der Waals surface area contributed by atoms with Crippen LogP contribution in [0.25, 0.3) is 5.69 Å². The first-order valence-electron chi connectivity index (χ1n) is 7.15. The number of hydrogen-bond acceptors (Lipinski definition) is 4. The van der Waals surface area contributed by atoms with E-state index in [-0.39, 0.29) is 0 Å². The van der Waals surface area contributed by atoms with Gasteiger partial charge in [0, 0.05) is 24.8 Å². The molecule has 0 spiro atoms. The zero-order chi connectivity index (χ0) is 17.1. The van der Waals surface area contributed by atoms with Crippen LogP contribution in [0.15, 0.2) is 64.7 Å². The van der Waals surface area contributed by atoms with Crippen LogP contribution in [0, 0.1) is 0 Å². The van der Waals surface area contributed by atoms with Crippen molar-refractivity contribution in [2.75, 3.05) is 7.11 Å². The average Bonchev–Trinajstić information content (AvgIpc) is 2.60. The minimum Gasteiger partial charge on any atom is -0.495 e. The van der Waals surface area contributed by atoms with Gasteiger partial charge in [0.2, 0.25) is 0 Å². The number of halogens is 1. The summed E-state index contributed by atoms with van der Waals surface area (Å²) in [6, 6.07) is 8.47. The minimum absolute atomic E-state index is 0.306. The molecule has 0 N–H and O–H groups in total. The van der Waals surface area contributed by atoms with E-state index in [9.17, 15) is 9.59 Å². The third-order valence-corrected chi connectivity index (χ3v) is 3.87. The van der Waals surface area contributed by atoms with Crippen LogP contribution in [0.5, 0.6) is 5.75 Å². The van der Waals surface area contributed by atoms with Crippen molar-refractivity contribution in [2.45, 2.75) is 6.54 Å². The van der Waals surface area contributed by atoms with E-state index in [0.29, 0.717) is 23.0 Å². The Labute approximate surface area is 142 Å². The standard InChI is InChI=1S/C17H14ClN3O3/c1-24-15-3-2-13(10-14(15)18)21-9-8-20(16(22)17(21)23)11-12-4-6-19-7-5-12/h2-10H,11H2,1H3. The summed E-state index contributed by atoms with van der Waals surface area (Å²) in [6.45, 7) is 0.306. The summed E-state index contributed by atoms with van der Waals surface area (Å²) in [6.07, 6.45) is 6.40. The SMILES string of the molecule is COc1ccc(-n2ccn(Cc3ccncc3)c(=O)c2=O)cc1Cl. The molecule has 0 unspecified atom stereocenters. The Balaban J connectivity index is 2.00. The first-order chi connectivity index (χ1) is 11.6. The summed E-state index contributed by atoms with van der Waals surface area (Å²) in [5.41, 5.74) is 0.129. The van der Waals surface area contributed by atoms with Crippen LogP contribution in [0.1, 0.15) is 5.56 Å². The van der Waals surface area contributed by atoms with Gasteiger partial charge in [0.1, 0.15) is 5.75 Å². The maximum Gasteiger partial charge on any atom is 0.320 e. The largest absolute Gasteiger partial charge is 0.495 e. The predicted molar refractivity (Wildman–Crippen MR) is 91.2 cm³/mol. The average molecular weight is 344 g/mol. The van der Waals surface area contributed by atoms with Crippen LogP contribution in [0.4, 0.5) is 0 Å². The Morgan fingerprint density at radius 3 is 2.50 bits per heavy atom. The van der Waals surface area contributed by atoms with Gasteiger partial charge in [0.15, 0.2) is 0 Å². The molecule has 3 aromatic rings. The summed E-state index contributed by atoms with van der Waals surface area (Å²) in [7, 11) is 1.51. The molecule has 0 aliphatic rings. The van der Waals surface area contributed by atoms with E-state index < -0.39 is 11.1 Å². The topological polar surface area (TPSA) is 66.1 Å². The molecule has 0 radical (unpaired) electrons. The van der Waals surface area contributed by atoms with Gasteiger partial charge in [0.25, 0.3) is 0 Å². The lowest BCUT2D eigenvalue weighted by Gasteiger charge is -2.10. The molecule has 7 heteroatoms. The zero-order valence-corrected chi connectivity index (χ0v) is 13.6. The number of ether oxygens (including phenoxy) is 1. The molecule has 3 rings (SSSR count). The van der Waals surface area contributed by atoms with Crippen molar-refractivity contribution in [3.8, 4) is 11.4 Å². The Morgan fingerprint density at radius 1 is 1.08 bits per heavy atom. The van der Waals surface area contributed by atoms with Crippen molar-refractivity contribution in [3.63, 3.8) is 0 Å². The monoisotopic (exact) mass is 343 g/mol. The highest BCUT2D eigenvalue weighted by molar-refractivity contribution is 6.32. The molecule has 2 heterocycles. The molecule has 0 bridgehead atoms. The summed E-state index contributed by atoms with van der Waals surface area (Å²) in [4.78, 5) is 28.6. The number of methoxy groups -OCH3 is 1. The van der Waals surface area contributed by atoms with Crippen LogP contribution in [-0.4, -0.2) is 21.2 Å². The Hall–Kier alpha value is -2.86. The normalized spacial score (nSPS) is 10.6. The molecule has 24 heavy (non-hydrogen) atoms. The molecule has 0 saturated heterocycles. The first-order valence-corrected chi connectivity index (χ1v) is 7.53. The second kappa shape index (κ2) is 6.72. The van der Waals surface area contributed by atoms with Crippen LogP contribution in [0.3, 0.4) is 0 Å². The summed E-state index contributed by atoms with van der Waals surface area (Å²) in [5, 5.41) is 0.364. The van der Waals surface area contributed by atoms with E-state index in [1.807, 2.05) is 0 Å². The predicted octanol–water partition coefficient (Wildman–Crippen LogP) is 2.10. The molecule has 0 amide bonds. The fourth-order valence-corrected chi connectivity index (χ4v) is 2.58. The number of hydrogen-bond donors (Lipinski definition) is 0. The van der Waals surface area contributed by atoms with Crippen LogP contribution in [0.2, 0.25) is 5.02 Å². The smallest absolute Gasteiger partial charge is 0.320 e. The fraction of sp³-hybridized carbons (Fsp3) is 0.118. The van der Waals surface area contributed by atoms with Gasteiger partial charge in [-0.2, -0.15) is 0 Å². The number of pyridine rings is 1. The lowest BCUT2D eigenvalue weighted by molar-refractivity contribution is 0.415. The Morgan fingerprint density at radius 2 is 1.83 bits per heavy atom. The van der Waals surface area contributed by atoms with E-state index in [2.05, 4.69) is 4.98 Å². The Kier molecular flexibility index (Phi) is 4.48. The van der Waals surface area contributed by atoms with E-state index in [1.54, 1.807) is 55.1 Å². The number of aromatic nitrogens is 3. The van der Waals surface area contributed by atoms with E-state index in [1.165, 1.54) is 16.2 Å². The highest BCUT2D eigenvalue weighted by Gasteiger charge is 2.09. The molecule has 0 fully saturated rings. The van der Waals surface area contributed by atoms with Gasteiger partial charge in [0.05, 0.1) is 24.4 Å². The van der Waals surface area contributed by atoms with Gasteiger partial charge in [-0.3, -0.25) is 19.1 Å². The minimum atomic E-state index is -0.646. The van der Waals surface area contributed by atoms with E-state index >= 15 is 0 Å². The molecule has 1 aromatic carbocycles. The van der Waals surface area contributed by atoms with Gasteiger partial charge in [-0.05, 0) is 35.9 Å². The molecule has 122 valence electrons. The van der Waals surface area contributed by atoms with Crippen molar-refractivity contribution in [1.82, 2.24) is 14.1 Å². The van der Waals surface area contributed by atoms with Crippen molar-refractivity contribution in [2.24, 2.45) is 0 Å². The molecule has 0 saturated carbocycles. The van der Waals surface area contributed by atoms with Crippen LogP contribution >= 0.6 is 11.6 Å². The summed E-state index contributed by atoms with van der Waals surface area (Å²) >= 11 is 6.08. The third-order valence-electron chi connectivity index (χ3n) is 3.57. The van der Waals surface area contributed by atoms with Crippen LogP contribution < -0.4 is 15.9 Å². The molecule has 2 aromatic heterocycles. The zero-order valence-electron chi connectivity index (χ0n) is 12.8. The second-order valence-electron chi connectivity index (χ2n) is 5.08. The number of benzene rings is 1. The molecule has 0 aliphatic carbocycles.